The van der Waals surface area contributed by atoms with Crippen molar-refractivity contribution in [3.8, 4) is 11.5 Å². The monoisotopic (exact) mass is 563 g/mol. The van der Waals surface area contributed by atoms with Gasteiger partial charge in [0.05, 0.1) is 12.1 Å². The third kappa shape index (κ3) is 7.87. The van der Waals surface area contributed by atoms with Gasteiger partial charge in [-0.2, -0.15) is 13.2 Å². The number of urea groups is 1. The summed E-state index contributed by atoms with van der Waals surface area (Å²) in [4.78, 5) is 30.6. The van der Waals surface area contributed by atoms with Gasteiger partial charge >= 0.3 is 12.2 Å². The van der Waals surface area contributed by atoms with Crippen LogP contribution in [0.25, 0.3) is 0 Å². The van der Waals surface area contributed by atoms with Crippen LogP contribution in [0.4, 0.5) is 23.7 Å². The van der Waals surface area contributed by atoms with Crippen molar-refractivity contribution in [1.82, 2.24) is 9.80 Å². The van der Waals surface area contributed by atoms with Crippen LogP contribution in [0.1, 0.15) is 22.4 Å². The first-order chi connectivity index (χ1) is 18.7. The Hall–Kier alpha value is -3.77. The van der Waals surface area contributed by atoms with Gasteiger partial charge in [0.25, 0.3) is 0 Å². The minimum Gasteiger partial charge on any atom is -0.454 e. The van der Waals surface area contributed by atoms with Crippen molar-refractivity contribution in [2.45, 2.75) is 25.7 Å². The Morgan fingerprint density at radius 1 is 1.03 bits per heavy atom. The number of thiophene rings is 1. The number of rotatable bonds is 11. The molecule has 0 fully saturated rings. The molecule has 0 saturated heterocycles. The fourth-order valence-corrected chi connectivity index (χ4v) is 4.66. The third-order valence-electron chi connectivity index (χ3n) is 5.94. The number of nitrogens with one attached hydrogen (secondary N) is 1. The van der Waals surface area contributed by atoms with Crippen molar-refractivity contribution in [3.05, 3.63) is 76.0 Å². The molecule has 1 aliphatic heterocycles. The maximum absolute atomic E-state index is 13.6. The number of halogens is 3. The number of alkyl halides is 3. The largest absolute Gasteiger partial charge is 0.454 e. The number of carbonyl (C=O) groups is 2. The summed E-state index contributed by atoms with van der Waals surface area (Å²) in [7, 11) is 1.53. The Bertz CT molecular complexity index is 1250. The van der Waals surface area contributed by atoms with Gasteiger partial charge < -0.3 is 29.3 Å². The number of fused-ring (bicyclic) bond motifs is 1. The summed E-state index contributed by atoms with van der Waals surface area (Å²) >= 11 is 1.52. The number of anilines is 1. The summed E-state index contributed by atoms with van der Waals surface area (Å²) in [6.45, 7) is 1.11. The fraction of sp³-hybridized carbons (Fsp3) is 0.333. The molecule has 8 nitrogen and oxygen atoms in total. The molecular weight excluding hydrogens is 535 g/mol. The SMILES string of the molecule is COCCCN(CC(=O)N(Cc1ccc2c(c1)OCO2)Cc1cccs1)C(=O)Nc1ccc(C(F)(F)F)cc1. The van der Waals surface area contributed by atoms with E-state index in [0.29, 0.717) is 31.1 Å². The van der Waals surface area contributed by atoms with Gasteiger partial charge in [0, 0.05) is 37.4 Å². The lowest BCUT2D eigenvalue weighted by molar-refractivity contribution is -0.137. The first-order valence-electron chi connectivity index (χ1n) is 12.1. The zero-order valence-electron chi connectivity index (χ0n) is 21.2. The first kappa shape index (κ1) is 28.2. The maximum Gasteiger partial charge on any atom is 0.416 e. The van der Waals surface area contributed by atoms with E-state index < -0.39 is 17.8 Å². The second-order valence-corrected chi connectivity index (χ2v) is 9.82. The molecule has 2 aromatic carbocycles. The van der Waals surface area contributed by atoms with Crippen LogP contribution in [0.3, 0.4) is 0 Å². The van der Waals surface area contributed by atoms with Crippen LogP contribution in [0.2, 0.25) is 0 Å². The van der Waals surface area contributed by atoms with Crippen molar-refractivity contribution in [1.29, 1.82) is 0 Å². The summed E-state index contributed by atoms with van der Waals surface area (Å²) in [6.07, 6.45) is -4.01. The fourth-order valence-electron chi connectivity index (χ4n) is 3.94. The van der Waals surface area contributed by atoms with Crippen molar-refractivity contribution < 1.29 is 37.0 Å². The van der Waals surface area contributed by atoms with Gasteiger partial charge in [-0.1, -0.05) is 12.1 Å². The molecule has 1 aliphatic rings. The average Bonchev–Trinajstić information content (AvgIpc) is 3.59. The lowest BCUT2D eigenvalue weighted by atomic mass is 10.2. The van der Waals surface area contributed by atoms with Gasteiger partial charge in [0.2, 0.25) is 12.7 Å². The molecule has 4 rings (SSSR count). The van der Waals surface area contributed by atoms with E-state index in [1.54, 1.807) is 11.0 Å². The number of benzene rings is 2. The molecule has 1 aromatic heterocycles. The van der Waals surface area contributed by atoms with Gasteiger partial charge in [0.1, 0.15) is 6.54 Å². The molecule has 3 amide bonds. The van der Waals surface area contributed by atoms with E-state index >= 15 is 0 Å². The number of ether oxygens (including phenoxy) is 3. The second kappa shape index (κ2) is 12.9. The predicted molar refractivity (Wildman–Crippen MR) is 140 cm³/mol. The van der Waals surface area contributed by atoms with E-state index in [-0.39, 0.29) is 38.0 Å². The zero-order chi connectivity index (χ0) is 27.8. The van der Waals surface area contributed by atoms with Crippen LogP contribution >= 0.6 is 11.3 Å². The Labute approximate surface area is 227 Å². The van der Waals surface area contributed by atoms with E-state index in [0.717, 1.165) is 22.6 Å². The summed E-state index contributed by atoms with van der Waals surface area (Å²) in [5.41, 5.74) is 0.206. The molecule has 3 aromatic rings. The number of hydrogen-bond acceptors (Lipinski definition) is 6. The van der Waals surface area contributed by atoms with E-state index in [2.05, 4.69) is 5.32 Å². The molecule has 0 saturated carbocycles. The highest BCUT2D eigenvalue weighted by molar-refractivity contribution is 7.09. The molecule has 0 atom stereocenters. The van der Waals surface area contributed by atoms with Crippen LogP contribution in [-0.2, 0) is 28.8 Å². The highest BCUT2D eigenvalue weighted by Gasteiger charge is 2.30. The molecule has 1 N–H and O–H groups in total. The van der Waals surface area contributed by atoms with Gasteiger partial charge in [0.15, 0.2) is 11.5 Å². The normalized spacial score (nSPS) is 12.3. The van der Waals surface area contributed by atoms with E-state index in [4.69, 9.17) is 14.2 Å². The lowest BCUT2D eigenvalue weighted by Gasteiger charge is -2.28. The highest BCUT2D eigenvalue weighted by Crippen LogP contribution is 2.33. The molecule has 12 heteroatoms. The van der Waals surface area contributed by atoms with E-state index in [1.165, 1.54) is 35.5 Å². The Morgan fingerprint density at radius 3 is 2.49 bits per heavy atom. The lowest BCUT2D eigenvalue weighted by Crippen LogP contribution is -2.44. The molecule has 0 bridgehead atoms. The molecule has 0 aliphatic carbocycles. The summed E-state index contributed by atoms with van der Waals surface area (Å²) in [5.74, 6) is 0.952. The molecule has 39 heavy (non-hydrogen) atoms. The van der Waals surface area contributed by atoms with Crippen molar-refractivity contribution in [2.75, 3.05) is 38.9 Å². The molecule has 0 spiro atoms. The quantitative estimate of drug-likeness (QED) is 0.308. The Balaban J connectivity index is 1.48. The summed E-state index contributed by atoms with van der Waals surface area (Å²) in [6, 6.07) is 12.8. The summed E-state index contributed by atoms with van der Waals surface area (Å²) in [5, 5.41) is 4.52. The number of nitrogens with zero attached hydrogens (tertiary/aromatic N) is 2. The molecular formula is C27H28F3N3O5S. The number of methoxy groups -OCH3 is 1. The maximum atomic E-state index is 13.6. The van der Waals surface area contributed by atoms with Crippen LogP contribution in [0, 0.1) is 0 Å². The van der Waals surface area contributed by atoms with Crippen LogP contribution in [0.15, 0.2) is 60.0 Å². The molecule has 0 radical (unpaired) electrons. The minimum atomic E-state index is -4.48. The van der Waals surface area contributed by atoms with Crippen molar-refractivity contribution in [3.63, 3.8) is 0 Å². The smallest absolute Gasteiger partial charge is 0.416 e. The van der Waals surface area contributed by atoms with Crippen LogP contribution in [-0.4, -0.2) is 55.3 Å². The molecule has 208 valence electrons. The van der Waals surface area contributed by atoms with Crippen molar-refractivity contribution in [2.24, 2.45) is 0 Å². The van der Waals surface area contributed by atoms with E-state index in [9.17, 15) is 22.8 Å². The van der Waals surface area contributed by atoms with Crippen LogP contribution in [0.5, 0.6) is 11.5 Å². The molecule has 0 unspecified atom stereocenters. The van der Waals surface area contributed by atoms with Crippen LogP contribution < -0.4 is 14.8 Å². The third-order valence-corrected chi connectivity index (χ3v) is 6.80. The van der Waals surface area contributed by atoms with Gasteiger partial charge in [-0.05, 0) is 59.8 Å². The standard InChI is InChI=1S/C27H28F3N3O5S/c1-36-12-3-11-32(26(35)31-21-8-6-20(7-9-21)27(28,29)30)17-25(34)33(16-22-4-2-13-39-22)15-19-5-10-23-24(14-19)38-18-37-23/h2,4-10,13-14H,3,11-12,15-18H2,1H3,(H,31,35). The summed E-state index contributed by atoms with van der Waals surface area (Å²) < 4.78 is 54.6. The topological polar surface area (TPSA) is 80.3 Å². The Morgan fingerprint density at radius 2 is 1.79 bits per heavy atom. The minimum absolute atomic E-state index is 0.140. The number of hydrogen-bond donors (Lipinski definition) is 1. The van der Waals surface area contributed by atoms with E-state index in [1.807, 2.05) is 29.6 Å². The van der Waals surface area contributed by atoms with Crippen molar-refractivity contribution >= 4 is 29.0 Å². The Kier molecular flexibility index (Phi) is 9.31. The number of carbonyl (C=O) groups excluding carboxylic acids is 2. The molecule has 2 heterocycles. The van der Waals surface area contributed by atoms with Gasteiger partial charge in [-0.3, -0.25) is 4.79 Å². The second-order valence-electron chi connectivity index (χ2n) is 8.79. The van der Waals surface area contributed by atoms with Gasteiger partial charge in [-0.15, -0.1) is 11.3 Å². The van der Waals surface area contributed by atoms with Gasteiger partial charge in [-0.25, -0.2) is 4.79 Å². The average molecular weight is 564 g/mol. The highest BCUT2D eigenvalue weighted by atomic mass is 32.1. The predicted octanol–water partition coefficient (Wildman–Crippen LogP) is 5.60. The zero-order valence-corrected chi connectivity index (χ0v) is 22.0. The number of amides is 3. The first-order valence-corrected chi connectivity index (χ1v) is 13.0.